The molecule has 2 rings (SSSR count). The third kappa shape index (κ3) is 4.07. The molecular formula is C11H11F6N5. The average molecular weight is 327 g/mol. The summed E-state index contributed by atoms with van der Waals surface area (Å²) >= 11 is 0. The maximum absolute atomic E-state index is 12.7. The van der Waals surface area contributed by atoms with Gasteiger partial charge in [0.2, 0.25) is 0 Å². The topological polar surface area (TPSA) is 52.0 Å². The van der Waals surface area contributed by atoms with Crippen LogP contribution in [0.5, 0.6) is 0 Å². The summed E-state index contributed by atoms with van der Waals surface area (Å²) < 4.78 is 76.1. The molecule has 1 aromatic carbocycles. The number of nitrogens with one attached hydrogen (secondary N) is 2. The second-order valence-electron chi connectivity index (χ2n) is 4.56. The van der Waals surface area contributed by atoms with Gasteiger partial charge >= 0.3 is 12.4 Å². The Hall–Kier alpha value is -1.88. The van der Waals surface area contributed by atoms with Gasteiger partial charge in [0.15, 0.2) is 6.29 Å². The third-order valence-electron chi connectivity index (χ3n) is 2.76. The first-order valence-electron chi connectivity index (χ1n) is 5.98. The van der Waals surface area contributed by atoms with E-state index < -0.39 is 29.8 Å². The van der Waals surface area contributed by atoms with Crippen LogP contribution in [-0.2, 0) is 18.9 Å². The monoisotopic (exact) mass is 327 g/mol. The summed E-state index contributed by atoms with van der Waals surface area (Å²) in [4.78, 5) is 0. The molecule has 122 valence electrons. The summed E-state index contributed by atoms with van der Waals surface area (Å²) in [5, 5.41) is 11.1. The highest BCUT2D eigenvalue weighted by Crippen LogP contribution is 2.36. The number of hydrogen-bond acceptors (Lipinski definition) is 5. The summed E-state index contributed by atoms with van der Waals surface area (Å²) in [5.41, 5.74) is -0.200. The lowest BCUT2D eigenvalue weighted by Crippen LogP contribution is -2.41. The van der Waals surface area contributed by atoms with Gasteiger partial charge in [-0.3, -0.25) is 5.32 Å². The lowest BCUT2D eigenvalue weighted by molar-refractivity contribution is -0.143. The largest absolute Gasteiger partial charge is 0.416 e. The molecule has 1 aliphatic rings. The molecule has 0 spiro atoms. The van der Waals surface area contributed by atoms with E-state index in [1.54, 1.807) is 0 Å². The highest BCUT2D eigenvalue weighted by atomic mass is 19.4. The van der Waals surface area contributed by atoms with E-state index in [4.69, 9.17) is 0 Å². The van der Waals surface area contributed by atoms with Gasteiger partial charge in [-0.2, -0.15) is 31.8 Å². The van der Waals surface area contributed by atoms with Crippen LogP contribution in [0.25, 0.3) is 0 Å². The first-order chi connectivity index (χ1) is 10.1. The second kappa shape index (κ2) is 5.72. The second-order valence-corrected chi connectivity index (χ2v) is 4.56. The molecule has 1 atom stereocenters. The van der Waals surface area contributed by atoms with Crippen LogP contribution in [0, 0.1) is 0 Å². The van der Waals surface area contributed by atoms with Crippen molar-refractivity contribution in [1.82, 2.24) is 15.9 Å². The Labute approximate surface area is 120 Å². The van der Waals surface area contributed by atoms with Gasteiger partial charge in [-0.1, -0.05) is 5.22 Å². The molecule has 5 nitrogen and oxygen atoms in total. The summed E-state index contributed by atoms with van der Waals surface area (Å²) in [7, 11) is 1.54. The van der Waals surface area contributed by atoms with E-state index in [2.05, 4.69) is 21.1 Å². The lowest BCUT2D eigenvalue weighted by Gasteiger charge is -2.16. The van der Waals surface area contributed by atoms with Crippen LogP contribution in [0.1, 0.15) is 16.7 Å². The normalized spacial score (nSPS) is 19.0. The van der Waals surface area contributed by atoms with Crippen LogP contribution >= 0.6 is 0 Å². The van der Waals surface area contributed by atoms with Gasteiger partial charge in [0.1, 0.15) is 0 Å². The van der Waals surface area contributed by atoms with E-state index in [0.717, 1.165) is 0 Å². The Kier molecular flexibility index (Phi) is 4.29. The van der Waals surface area contributed by atoms with Gasteiger partial charge in [0.05, 0.1) is 11.1 Å². The van der Waals surface area contributed by atoms with E-state index in [1.165, 1.54) is 12.2 Å². The van der Waals surface area contributed by atoms with E-state index >= 15 is 0 Å². The average Bonchev–Trinajstić information content (AvgIpc) is 2.80. The van der Waals surface area contributed by atoms with Crippen LogP contribution < -0.4 is 10.7 Å². The fraction of sp³-hybridized carbons (Fsp3) is 0.455. The summed E-state index contributed by atoms with van der Waals surface area (Å²) in [5.74, 6) is 0. The van der Waals surface area contributed by atoms with Crippen molar-refractivity contribution >= 4 is 0 Å². The Morgan fingerprint density at radius 3 is 2.05 bits per heavy atom. The van der Waals surface area contributed by atoms with Crippen molar-refractivity contribution in [1.29, 1.82) is 0 Å². The maximum atomic E-state index is 12.7. The summed E-state index contributed by atoms with van der Waals surface area (Å²) in [6.45, 7) is -0.239. The Bertz CT molecular complexity index is 535. The van der Waals surface area contributed by atoms with Crippen molar-refractivity contribution < 1.29 is 26.3 Å². The number of hydrogen-bond donors (Lipinski definition) is 2. The zero-order chi connectivity index (χ0) is 16.5. The molecule has 1 aromatic rings. The van der Waals surface area contributed by atoms with Gasteiger partial charge in [0, 0.05) is 13.6 Å². The first kappa shape index (κ1) is 16.5. The predicted octanol–water partition coefficient (Wildman–Crippen LogP) is 2.91. The van der Waals surface area contributed by atoms with Crippen LogP contribution in [0.3, 0.4) is 0 Å². The van der Waals surface area contributed by atoms with Crippen molar-refractivity contribution in [2.24, 2.45) is 10.3 Å². The summed E-state index contributed by atoms with van der Waals surface area (Å²) in [6, 6.07) is 1.42. The van der Waals surface area contributed by atoms with Crippen molar-refractivity contribution in [3.63, 3.8) is 0 Å². The Morgan fingerprint density at radius 1 is 1.09 bits per heavy atom. The molecule has 0 saturated carbocycles. The van der Waals surface area contributed by atoms with Crippen molar-refractivity contribution in [3.05, 3.63) is 34.9 Å². The highest BCUT2D eigenvalue weighted by Gasteiger charge is 2.36. The minimum Gasteiger partial charge on any atom is -0.276 e. The first-order valence-corrected chi connectivity index (χ1v) is 5.98. The predicted molar refractivity (Wildman–Crippen MR) is 62.8 cm³/mol. The fourth-order valence-electron chi connectivity index (χ4n) is 1.78. The van der Waals surface area contributed by atoms with Gasteiger partial charge in [0.25, 0.3) is 0 Å². The number of rotatable bonds is 3. The molecule has 0 aliphatic carbocycles. The Morgan fingerprint density at radius 2 is 1.64 bits per heavy atom. The van der Waals surface area contributed by atoms with Gasteiger partial charge in [-0.25, -0.2) is 5.12 Å². The number of alkyl halides is 6. The lowest BCUT2D eigenvalue weighted by atomic mass is 10.0. The van der Waals surface area contributed by atoms with E-state index in [9.17, 15) is 26.3 Å². The molecular weight excluding hydrogens is 316 g/mol. The van der Waals surface area contributed by atoms with Crippen molar-refractivity contribution in [3.8, 4) is 0 Å². The number of hydrazine groups is 1. The smallest absolute Gasteiger partial charge is 0.276 e. The molecule has 22 heavy (non-hydrogen) atoms. The zero-order valence-corrected chi connectivity index (χ0v) is 11.1. The van der Waals surface area contributed by atoms with Crippen molar-refractivity contribution in [2.45, 2.75) is 25.2 Å². The fourth-order valence-corrected chi connectivity index (χ4v) is 1.78. The minimum absolute atomic E-state index is 0.0881. The molecule has 11 heteroatoms. The van der Waals surface area contributed by atoms with E-state index in [-0.39, 0.29) is 18.2 Å². The van der Waals surface area contributed by atoms with Crippen molar-refractivity contribution in [2.75, 3.05) is 7.05 Å². The third-order valence-corrected chi connectivity index (χ3v) is 2.76. The molecule has 0 radical (unpaired) electrons. The van der Waals surface area contributed by atoms with Gasteiger partial charge < -0.3 is 0 Å². The molecule has 1 heterocycles. The van der Waals surface area contributed by atoms with E-state index in [1.807, 2.05) is 0 Å². The quantitative estimate of drug-likeness (QED) is 0.840. The molecule has 0 amide bonds. The highest BCUT2D eigenvalue weighted by molar-refractivity contribution is 5.33. The number of halogens is 6. The standard InChI is InChI=1S/C11H11F6N5/c1-22-20-9(19-21-22)18-5-6-2-7(10(12,13)14)4-8(3-6)11(15,16)17/h2-4,9,18,20H,5H2,1H3. The van der Waals surface area contributed by atoms with Gasteiger partial charge in [-0.05, 0) is 23.8 Å². The number of nitrogens with zero attached hydrogens (tertiary/aromatic N) is 3. The van der Waals surface area contributed by atoms with Crippen LogP contribution in [-0.4, -0.2) is 18.5 Å². The molecule has 0 fully saturated rings. The molecule has 1 unspecified atom stereocenters. The SMILES string of the molecule is CN1N=NC(NCc2cc(C(F)(F)F)cc(C(F)(F)F)c2)N1. The molecule has 1 aliphatic heterocycles. The number of benzene rings is 1. The minimum atomic E-state index is -4.86. The zero-order valence-electron chi connectivity index (χ0n) is 11.1. The molecule has 0 aromatic heterocycles. The van der Waals surface area contributed by atoms with Crippen LogP contribution in [0.4, 0.5) is 26.3 Å². The molecule has 0 saturated heterocycles. The summed E-state index contributed by atoms with van der Waals surface area (Å²) in [6.07, 6.45) is -10.4. The van der Waals surface area contributed by atoms with Gasteiger partial charge in [-0.15, -0.1) is 5.11 Å². The molecule has 2 N–H and O–H groups in total. The molecule has 0 bridgehead atoms. The maximum Gasteiger partial charge on any atom is 0.416 e. The van der Waals surface area contributed by atoms with Crippen LogP contribution in [0.15, 0.2) is 28.5 Å². The van der Waals surface area contributed by atoms with E-state index in [0.29, 0.717) is 12.1 Å². The Balaban J connectivity index is 2.21. The van der Waals surface area contributed by atoms with Crippen LogP contribution in [0.2, 0.25) is 0 Å².